The number of phenols is 1. The molecule has 1 aromatic heterocycles. The molecule has 0 spiro atoms. The van der Waals surface area contributed by atoms with Gasteiger partial charge in [-0.15, -0.1) is 0 Å². The van der Waals surface area contributed by atoms with Crippen LogP contribution in [-0.4, -0.2) is 33.5 Å². The summed E-state index contributed by atoms with van der Waals surface area (Å²) in [5, 5.41) is 10.8. The predicted molar refractivity (Wildman–Crippen MR) is 207 cm³/mol. The highest BCUT2D eigenvalue weighted by Gasteiger charge is 2.66. The van der Waals surface area contributed by atoms with Crippen molar-refractivity contribution < 1.29 is 28.7 Å². The van der Waals surface area contributed by atoms with Gasteiger partial charge >= 0.3 is 0 Å². The maximum atomic E-state index is 15.1. The number of benzene rings is 5. The van der Waals surface area contributed by atoms with E-state index in [0.29, 0.717) is 51.4 Å². The SMILES string of the molecule is O=C1C(c2ccccc2)=CC(=O)C2(c3ccccc3)C1CC1C(=CCC3C(=O)N(c4ccc(-c5nc6ccccc6o5)cc4)C(=O)C31)C2c1cccc(O)c1. The molecule has 6 aromatic rings. The average Bonchev–Trinajstić information content (AvgIpc) is 3.77. The first kappa shape index (κ1) is 32.9. The number of rotatable bonds is 5. The average molecular weight is 723 g/mol. The minimum absolute atomic E-state index is 0.0309. The maximum Gasteiger partial charge on any atom is 0.238 e. The summed E-state index contributed by atoms with van der Waals surface area (Å²) in [6, 6.07) is 40.0. The topological polar surface area (TPSA) is 118 Å². The third kappa shape index (κ3) is 4.87. The number of hydrogen-bond acceptors (Lipinski definition) is 7. The molecule has 1 saturated carbocycles. The molecule has 268 valence electrons. The number of oxazole rings is 1. The van der Waals surface area contributed by atoms with Crippen molar-refractivity contribution in [2.75, 3.05) is 4.90 Å². The number of ketones is 2. The van der Waals surface area contributed by atoms with E-state index in [1.54, 1.807) is 42.5 Å². The second-order valence-electron chi connectivity index (χ2n) is 14.9. The summed E-state index contributed by atoms with van der Waals surface area (Å²) in [5.41, 5.74) is 4.40. The lowest BCUT2D eigenvalue weighted by atomic mass is 9.44. The Bertz CT molecular complexity index is 2590. The van der Waals surface area contributed by atoms with Crippen LogP contribution in [0.25, 0.3) is 28.1 Å². The number of amides is 2. The van der Waals surface area contributed by atoms with Crippen LogP contribution in [0.15, 0.2) is 156 Å². The van der Waals surface area contributed by atoms with Gasteiger partial charge in [-0.2, -0.15) is 0 Å². The molecule has 2 amide bonds. The summed E-state index contributed by atoms with van der Waals surface area (Å²) in [4.78, 5) is 65.1. The molecule has 55 heavy (non-hydrogen) atoms. The monoisotopic (exact) mass is 722 g/mol. The molecule has 5 aromatic carbocycles. The molecule has 8 nitrogen and oxygen atoms in total. The van der Waals surface area contributed by atoms with E-state index < -0.39 is 35.0 Å². The van der Waals surface area contributed by atoms with Crippen molar-refractivity contribution in [1.82, 2.24) is 4.98 Å². The van der Waals surface area contributed by atoms with E-state index in [4.69, 9.17) is 4.42 Å². The number of carbonyl (C=O) groups excluding carboxylic acids is 4. The van der Waals surface area contributed by atoms with Gasteiger partial charge in [-0.3, -0.25) is 24.1 Å². The fraction of sp³-hybridized carbons (Fsp3) is 0.170. The summed E-state index contributed by atoms with van der Waals surface area (Å²) in [7, 11) is 0. The molecule has 1 N–H and O–H groups in total. The molecule has 6 unspecified atom stereocenters. The molecule has 6 atom stereocenters. The van der Waals surface area contributed by atoms with Gasteiger partial charge in [-0.25, -0.2) is 4.98 Å². The van der Waals surface area contributed by atoms with E-state index in [9.17, 15) is 14.7 Å². The van der Waals surface area contributed by atoms with Gasteiger partial charge in [0, 0.05) is 23.0 Å². The molecule has 1 aliphatic heterocycles. The fourth-order valence-corrected chi connectivity index (χ4v) is 9.96. The van der Waals surface area contributed by atoms with Crippen LogP contribution in [0.2, 0.25) is 0 Å². The van der Waals surface area contributed by atoms with Gasteiger partial charge in [-0.05, 0) is 90.1 Å². The number of phenolic OH excluding ortho intramolecular Hbond substituents is 1. The van der Waals surface area contributed by atoms with Gasteiger partial charge in [-0.1, -0.05) is 96.6 Å². The van der Waals surface area contributed by atoms with Gasteiger partial charge in [0.2, 0.25) is 17.7 Å². The van der Waals surface area contributed by atoms with E-state index in [1.165, 1.54) is 11.0 Å². The second kappa shape index (κ2) is 12.5. The van der Waals surface area contributed by atoms with Crippen molar-refractivity contribution in [3.8, 4) is 17.2 Å². The third-order valence-corrected chi connectivity index (χ3v) is 12.2. The normalized spacial score (nSPS) is 26.0. The van der Waals surface area contributed by atoms with Crippen molar-refractivity contribution in [2.45, 2.75) is 24.2 Å². The van der Waals surface area contributed by atoms with Crippen LogP contribution in [0, 0.1) is 23.7 Å². The summed E-state index contributed by atoms with van der Waals surface area (Å²) in [6.45, 7) is 0. The van der Waals surface area contributed by atoms with E-state index >= 15 is 9.59 Å². The Morgan fingerprint density at radius 2 is 1.45 bits per heavy atom. The lowest BCUT2D eigenvalue weighted by molar-refractivity contribution is -0.135. The molecule has 0 bridgehead atoms. The standard InChI is InChI=1S/C47H34N2O6/c50-32-15-9-12-29(24-32)42-33-22-23-34-41(46(54)49(45(34)53)31-20-18-28(19-21-31)44-48-38-16-7-8-17-39(38)55-44)36(33)25-37-43(52)35(27-10-3-1-4-11-27)26-40(51)47(37,42)30-13-5-2-6-14-30/h1-22,24,26,34,36-37,41-42,50H,23,25H2. The summed E-state index contributed by atoms with van der Waals surface area (Å²) < 4.78 is 5.95. The first-order valence-corrected chi connectivity index (χ1v) is 18.6. The van der Waals surface area contributed by atoms with Crippen LogP contribution in [0.3, 0.4) is 0 Å². The van der Waals surface area contributed by atoms with Crippen molar-refractivity contribution in [2.24, 2.45) is 23.7 Å². The first-order chi connectivity index (χ1) is 26.8. The highest BCUT2D eigenvalue weighted by atomic mass is 16.3. The van der Waals surface area contributed by atoms with Gasteiger partial charge in [0.15, 0.2) is 17.1 Å². The Kier molecular flexibility index (Phi) is 7.46. The van der Waals surface area contributed by atoms with Crippen molar-refractivity contribution in [3.05, 3.63) is 168 Å². The summed E-state index contributed by atoms with van der Waals surface area (Å²) in [5.74, 6) is -3.96. The zero-order chi connectivity index (χ0) is 37.4. The van der Waals surface area contributed by atoms with Crippen LogP contribution in [-0.2, 0) is 24.6 Å². The van der Waals surface area contributed by atoms with Gasteiger partial charge in [0.05, 0.1) is 22.9 Å². The second-order valence-corrected chi connectivity index (χ2v) is 14.9. The molecule has 2 heterocycles. The molecule has 8 heteroatoms. The van der Waals surface area contributed by atoms with E-state index in [-0.39, 0.29) is 35.6 Å². The van der Waals surface area contributed by atoms with E-state index in [0.717, 1.165) is 11.1 Å². The Morgan fingerprint density at radius 1 is 0.727 bits per heavy atom. The van der Waals surface area contributed by atoms with Gasteiger partial charge in [0.25, 0.3) is 0 Å². The Labute approximate surface area is 316 Å². The molecule has 10 rings (SSSR count). The molecule has 1 saturated heterocycles. The molecule has 0 radical (unpaired) electrons. The maximum absolute atomic E-state index is 15.1. The largest absolute Gasteiger partial charge is 0.508 e. The number of Topliss-reactive ketones (excluding diaryl/α,β-unsaturated/α-hetero) is 1. The number of anilines is 1. The number of aromatic hydroxyl groups is 1. The Hall–Kier alpha value is -6.67. The van der Waals surface area contributed by atoms with Gasteiger partial charge < -0.3 is 9.52 Å². The van der Waals surface area contributed by atoms with Crippen LogP contribution in [0.5, 0.6) is 5.75 Å². The Morgan fingerprint density at radius 3 is 2.20 bits per heavy atom. The number of fused-ring (bicyclic) bond motifs is 5. The van der Waals surface area contributed by atoms with Crippen LogP contribution >= 0.6 is 0 Å². The molecular weight excluding hydrogens is 689 g/mol. The lowest BCUT2D eigenvalue weighted by Gasteiger charge is -2.55. The van der Waals surface area contributed by atoms with E-state index in [2.05, 4.69) is 4.98 Å². The minimum Gasteiger partial charge on any atom is -0.508 e. The highest BCUT2D eigenvalue weighted by molar-refractivity contribution is 6.32. The zero-order valence-electron chi connectivity index (χ0n) is 29.5. The highest BCUT2D eigenvalue weighted by Crippen LogP contribution is 2.64. The molecule has 4 aliphatic rings. The molecule has 3 aliphatic carbocycles. The number of hydrogen-bond donors (Lipinski definition) is 1. The Balaban J connectivity index is 1.09. The summed E-state index contributed by atoms with van der Waals surface area (Å²) in [6.07, 6.45) is 4.03. The number of aromatic nitrogens is 1. The number of nitrogens with zero attached hydrogens (tertiary/aromatic N) is 2. The number of allylic oxidation sites excluding steroid dienone is 4. The van der Waals surface area contributed by atoms with Crippen LogP contribution in [0.4, 0.5) is 5.69 Å². The third-order valence-electron chi connectivity index (χ3n) is 12.2. The van der Waals surface area contributed by atoms with Crippen LogP contribution < -0.4 is 4.90 Å². The first-order valence-electron chi connectivity index (χ1n) is 18.6. The number of para-hydroxylation sites is 2. The van der Waals surface area contributed by atoms with Gasteiger partial charge in [0.1, 0.15) is 11.3 Å². The smallest absolute Gasteiger partial charge is 0.238 e. The number of imide groups is 1. The minimum atomic E-state index is -1.36. The predicted octanol–water partition coefficient (Wildman–Crippen LogP) is 8.23. The quantitative estimate of drug-likeness (QED) is 0.141. The van der Waals surface area contributed by atoms with Crippen molar-refractivity contribution in [3.63, 3.8) is 0 Å². The number of carbonyl (C=O) groups is 4. The van der Waals surface area contributed by atoms with Crippen molar-refractivity contribution >= 4 is 45.7 Å². The van der Waals surface area contributed by atoms with Crippen LogP contribution in [0.1, 0.15) is 35.4 Å². The molecule has 2 fully saturated rings. The van der Waals surface area contributed by atoms with E-state index in [1.807, 2.05) is 97.1 Å². The van der Waals surface area contributed by atoms with Crippen molar-refractivity contribution in [1.29, 1.82) is 0 Å². The zero-order valence-corrected chi connectivity index (χ0v) is 29.5. The molecular formula is C47H34N2O6. The fourth-order valence-electron chi connectivity index (χ4n) is 9.96. The lowest BCUT2D eigenvalue weighted by Crippen LogP contribution is -2.58. The summed E-state index contributed by atoms with van der Waals surface area (Å²) >= 11 is 0.